The molecule has 0 aliphatic rings. The maximum absolute atomic E-state index is 13.3. The van der Waals surface area contributed by atoms with Crippen LogP contribution in [0.3, 0.4) is 0 Å². The van der Waals surface area contributed by atoms with Crippen LogP contribution in [-0.2, 0) is 4.79 Å². The second-order valence-corrected chi connectivity index (χ2v) is 6.80. The second kappa shape index (κ2) is 11.3. The van der Waals surface area contributed by atoms with Crippen LogP contribution in [0.4, 0.5) is 8.78 Å². The predicted molar refractivity (Wildman–Crippen MR) is 119 cm³/mol. The number of halogens is 2. The minimum atomic E-state index is -0.758. The fourth-order valence-corrected chi connectivity index (χ4v) is 2.73. The van der Waals surface area contributed by atoms with Crippen LogP contribution in [0.5, 0.6) is 11.5 Å². The lowest BCUT2D eigenvalue weighted by molar-refractivity contribution is -0.120. The SMILES string of the molecule is COc1cc(/C=N\NC(=O)CNC(=O)c2cccc(F)c2)ccc1OC(=O)c1cccc(F)c1. The largest absolute Gasteiger partial charge is 0.493 e. The number of hydrazone groups is 1. The number of benzene rings is 3. The monoisotopic (exact) mass is 467 g/mol. The molecule has 3 rings (SSSR count). The molecular formula is C24H19F2N3O5. The molecule has 0 fully saturated rings. The zero-order valence-corrected chi connectivity index (χ0v) is 17.9. The van der Waals surface area contributed by atoms with Gasteiger partial charge in [0.25, 0.3) is 11.8 Å². The Labute approximate surface area is 193 Å². The van der Waals surface area contributed by atoms with E-state index >= 15 is 0 Å². The topological polar surface area (TPSA) is 106 Å². The van der Waals surface area contributed by atoms with Gasteiger partial charge in [-0.25, -0.2) is 19.0 Å². The Morgan fingerprint density at radius 2 is 1.59 bits per heavy atom. The van der Waals surface area contributed by atoms with Crippen LogP contribution in [-0.4, -0.2) is 37.7 Å². The Morgan fingerprint density at radius 1 is 0.912 bits per heavy atom. The summed E-state index contributed by atoms with van der Waals surface area (Å²) in [5.74, 6) is -2.78. The summed E-state index contributed by atoms with van der Waals surface area (Å²) in [5, 5.41) is 6.14. The Kier molecular flexibility index (Phi) is 8.01. The number of carbonyl (C=O) groups excluding carboxylic acids is 3. The van der Waals surface area contributed by atoms with Crippen molar-refractivity contribution < 1.29 is 32.6 Å². The van der Waals surface area contributed by atoms with Crippen molar-refractivity contribution in [3.8, 4) is 11.5 Å². The zero-order chi connectivity index (χ0) is 24.5. The highest BCUT2D eigenvalue weighted by atomic mass is 19.1. The molecule has 3 aromatic carbocycles. The fraction of sp³-hybridized carbons (Fsp3) is 0.0833. The summed E-state index contributed by atoms with van der Waals surface area (Å²) in [6, 6.07) is 14.7. The molecule has 0 bridgehead atoms. The number of hydrogen-bond acceptors (Lipinski definition) is 6. The van der Waals surface area contributed by atoms with E-state index in [2.05, 4.69) is 15.8 Å². The quantitative estimate of drug-likeness (QED) is 0.229. The van der Waals surface area contributed by atoms with Crippen molar-refractivity contribution in [3.63, 3.8) is 0 Å². The first kappa shape index (κ1) is 24.1. The first-order valence-electron chi connectivity index (χ1n) is 9.87. The Morgan fingerprint density at radius 3 is 2.26 bits per heavy atom. The van der Waals surface area contributed by atoms with Crippen LogP contribution in [0.1, 0.15) is 26.3 Å². The van der Waals surface area contributed by atoms with E-state index < -0.39 is 29.4 Å². The standard InChI is InChI=1S/C24H19F2N3O5/c1-33-21-10-15(8-9-20(21)34-24(32)17-5-3-7-19(26)12-17)13-28-29-22(30)14-27-23(31)16-4-2-6-18(25)11-16/h2-13H,14H2,1H3,(H,27,31)(H,29,30)/b28-13-. The molecule has 0 saturated heterocycles. The number of amides is 2. The summed E-state index contributed by atoms with van der Waals surface area (Å²) < 4.78 is 37.0. The van der Waals surface area contributed by atoms with Crippen LogP contribution in [0.25, 0.3) is 0 Å². The van der Waals surface area contributed by atoms with Crippen molar-refractivity contribution >= 4 is 24.0 Å². The number of ether oxygens (including phenoxy) is 2. The maximum atomic E-state index is 13.3. The van der Waals surface area contributed by atoms with Gasteiger partial charge in [-0.1, -0.05) is 12.1 Å². The summed E-state index contributed by atoms with van der Waals surface area (Å²) in [6.45, 7) is -0.370. The summed E-state index contributed by atoms with van der Waals surface area (Å²) in [7, 11) is 1.37. The van der Waals surface area contributed by atoms with E-state index in [1.807, 2.05) is 0 Å². The van der Waals surface area contributed by atoms with Gasteiger partial charge in [-0.15, -0.1) is 0 Å². The molecule has 174 valence electrons. The van der Waals surface area contributed by atoms with Gasteiger partial charge in [-0.3, -0.25) is 9.59 Å². The van der Waals surface area contributed by atoms with Crippen molar-refractivity contribution in [3.05, 3.63) is 95.1 Å². The summed E-state index contributed by atoms with van der Waals surface area (Å²) >= 11 is 0. The molecule has 0 unspecified atom stereocenters. The number of esters is 1. The maximum Gasteiger partial charge on any atom is 0.343 e. The first-order valence-corrected chi connectivity index (χ1v) is 9.87. The summed E-state index contributed by atoms with van der Waals surface area (Å²) in [4.78, 5) is 36.0. The van der Waals surface area contributed by atoms with Gasteiger partial charge in [0, 0.05) is 5.56 Å². The van der Waals surface area contributed by atoms with Gasteiger partial charge in [-0.2, -0.15) is 5.10 Å². The third-order valence-corrected chi connectivity index (χ3v) is 4.35. The summed E-state index contributed by atoms with van der Waals surface area (Å²) in [6.07, 6.45) is 1.31. The van der Waals surface area contributed by atoms with Crippen molar-refractivity contribution in [2.45, 2.75) is 0 Å². The number of nitrogens with one attached hydrogen (secondary N) is 2. The minimum Gasteiger partial charge on any atom is -0.493 e. The third kappa shape index (κ3) is 6.70. The molecule has 0 heterocycles. The number of methoxy groups -OCH3 is 1. The average Bonchev–Trinajstić information content (AvgIpc) is 2.83. The minimum absolute atomic E-state index is 0.0416. The normalized spacial score (nSPS) is 10.6. The molecule has 0 atom stereocenters. The highest BCUT2D eigenvalue weighted by Crippen LogP contribution is 2.28. The van der Waals surface area contributed by atoms with E-state index in [1.54, 1.807) is 6.07 Å². The molecule has 10 heteroatoms. The Balaban J connectivity index is 1.54. The molecule has 0 aliphatic carbocycles. The van der Waals surface area contributed by atoms with Crippen LogP contribution in [0.15, 0.2) is 71.8 Å². The Bertz CT molecular complexity index is 1250. The lowest BCUT2D eigenvalue weighted by Gasteiger charge is -2.10. The van der Waals surface area contributed by atoms with Crippen LogP contribution in [0.2, 0.25) is 0 Å². The van der Waals surface area contributed by atoms with Gasteiger partial charge in [0.1, 0.15) is 11.6 Å². The van der Waals surface area contributed by atoms with Crippen LogP contribution < -0.4 is 20.2 Å². The molecule has 34 heavy (non-hydrogen) atoms. The van der Waals surface area contributed by atoms with Crippen LogP contribution in [0, 0.1) is 11.6 Å². The molecule has 0 aliphatic heterocycles. The van der Waals surface area contributed by atoms with Crippen molar-refractivity contribution in [2.24, 2.45) is 5.10 Å². The molecular weight excluding hydrogens is 448 g/mol. The van der Waals surface area contributed by atoms with E-state index in [1.165, 1.54) is 61.9 Å². The molecule has 8 nitrogen and oxygen atoms in total. The summed E-state index contributed by atoms with van der Waals surface area (Å²) in [5.41, 5.74) is 2.87. The average molecular weight is 467 g/mol. The lowest BCUT2D eigenvalue weighted by Crippen LogP contribution is -2.34. The fourth-order valence-electron chi connectivity index (χ4n) is 2.73. The molecule has 3 aromatic rings. The molecule has 2 N–H and O–H groups in total. The second-order valence-electron chi connectivity index (χ2n) is 6.80. The van der Waals surface area contributed by atoms with Gasteiger partial charge in [0.2, 0.25) is 0 Å². The number of carbonyl (C=O) groups is 3. The molecule has 0 radical (unpaired) electrons. The van der Waals surface area contributed by atoms with Gasteiger partial charge >= 0.3 is 5.97 Å². The predicted octanol–water partition coefficient (Wildman–Crippen LogP) is 3.07. The highest BCUT2D eigenvalue weighted by Gasteiger charge is 2.13. The number of rotatable bonds is 8. The zero-order valence-electron chi connectivity index (χ0n) is 17.9. The van der Waals surface area contributed by atoms with Crippen molar-refractivity contribution in [1.29, 1.82) is 0 Å². The van der Waals surface area contributed by atoms with Gasteiger partial charge in [-0.05, 0) is 60.2 Å². The van der Waals surface area contributed by atoms with Gasteiger partial charge in [0.15, 0.2) is 11.5 Å². The van der Waals surface area contributed by atoms with E-state index in [0.717, 1.165) is 12.1 Å². The molecule has 2 amide bonds. The Hall–Kier alpha value is -4.60. The van der Waals surface area contributed by atoms with E-state index in [9.17, 15) is 23.2 Å². The highest BCUT2D eigenvalue weighted by molar-refractivity contribution is 5.96. The molecule has 0 spiro atoms. The van der Waals surface area contributed by atoms with Crippen LogP contribution >= 0.6 is 0 Å². The number of hydrogen-bond donors (Lipinski definition) is 2. The van der Waals surface area contributed by atoms with Gasteiger partial charge < -0.3 is 14.8 Å². The van der Waals surface area contributed by atoms with E-state index in [0.29, 0.717) is 5.56 Å². The lowest BCUT2D eigenvalue weighted by atomic mass is 10.2. The number of nitrogens with zero attached hydrogens (tertiary/aromatic N) is 1. The van der Waals surface area contributed by atoms with E-state index in [4.69, 9.17) is 9.47 Å². The van der Waals surface area contributed by atoms with E-state index in [-0.39, 0.29) is 29.2 Å². The van der Waals surface area contributed by atoms with Crippen molar-refractivity contribution in [2.75, 3.05) is 13.7 Å². The van der Waals surface area contributed by atoms with Crippen molar-refractivity contribution in [1.82, 2.24) is 10.7 Å². The molecule has 0 aromatic heterocycles. The first-order chi connectivity index (χ1) is 16.4. The molecule has 0 saturated carbocycles. The smallest absolute Gasteiger partial charge is 0.343 e. The third-order valence-electron chi connectivity index (χ3n) is 4.35. The van der Waals surface area contributed by atoms with Gasteiger partial charge in [0.05, 0.1) is 25.4 Å².